The number of benzene rings is 2. The molecule has 0 aromatic heterocycles. The first-order valence-corrected chi connectivity index (χ1v) is 8.67. The molecule has 1 saturated heterocycles. The van der Waals surface area contributed by atoms with E-state index in [1.54, 1.807) is 24.3 Å². The Bertz CT molecular complexity index is 798. The van der Waals surface area contributed by atoms with Crippen LogP contribution in [0.1, 0.15) is 34.7 Å². The molecule has 130 valence electrons. The molecule has 2 aromatic rings. The molecular weight excluding hydrogens is 342 g/mol. The van der Waals surface area contributed by atoms with E-state index in [1.165, 1.54) is 5.56 Å². The Morgan fingerprint density at radius 1 is 1.12 bits per heavy atom. The zero-order chi connectivity index (χ0) is 17.4. The highest BCUT2D eigenvalue weighted by Gasteiger charge is 2.27. The van der Waals surface area contributed by atoms with Gasteiger partial charge in [-0.3, -0.25) is 4.79 Å². The summed E-state index contributed by atoms with van der Waals surface area (Å²) in [7, 11) is 0. The molecule has 2 aromatic carbocycles. The highest BCUT2D eigenvalue weighted by atomic mass is 35.5. The second kappa shape index (κ2) is 6.48. The summed E-state index contributed by atoms with van der Waals surface area (Å²) in [6.07, 6.45) is 1.80. The van der Waals surface area contributed by atoms with E-state index < -0.39 is 0 Å². The topological polar surface area (TPSA) is 59.0 Å². The van der Waals surface area contributed by atoms with E-state index in [9.17, 15) is 9.90 Å². The minimum absolute atomic E-state index is 0.0376. The van der Waals surface area contributed by atoms with Crippen molar-refractivity contribution in [2.45, 2.75) is 18.8 Å². The van der Waals surface area contributed by atoms with Crippen molar-refractivity contribution in [1.82, 2.24) is 4.90 Å². The number of carbonyl (C=O) groups is 1. The number of aromatic hydroxyl groups is 1. The van der Waals surface area contributed by atoms with Gasteiger partial charge in [0.05, 0.1) is 5.02 Å². The first kappa shape index (κ1) is 16.1. The van der Waals surface area contributed by atoms with Crippen LogP contribution in [-0.2, 0) is 0 Å². The molecule has 1 amide bonds. The predicted octanol–water partition coefficient (Wildman–Crippen LogP) is 3.79. The van der Waals surface area contributed by atoms with Crippen molar-refractivity contribution < 1.29 is 19.4 Å². The lowest BCUT2D eigenvalue weighted by Crippen LogP contribution is -2.37. The lowest BCUT2D eigenvalue weighted by molar-refractivity contribution is 0.0712. The largest absolute Gasteiger partial charge is 0.508 e. The summed E-state index contributed by atoms with van der Waals surface area (Å²) in [6.45, 7) is 1.51. The fourth-order valence-corrected chi connectivity index (χ4v) is 3.70. The zero-order valence-electron chi connectivity index (χ0n) is 13.6. The van der Waals surface area contributed by atoms with Gasteiger partial charge in [-0.1, -0.05) is 23.7 Å². The molecule has 0 atom stereocenters. The van der Waals surface area contributed by atoms with Gasteiger partial charge in [-0.2, -0.15) is 0 Å². The van der Waals surface area contributed by atoms with Crippen LogP contribution in [-0.4, -0.2) is 35.8 Å². The van der Waals surface area contributed by atoms with Crippen molar-refractivity contribution in [3.05, 3.63) is 52.5 Å². The molecule has 6 heteroatoms. The molecule has 2 aliphatic heterocycles. The number of halogens is 1. The van der Waals surface area contributed by atoms with Crippen LogP contribution in [0.3, 0.4) is 0 Å². The Morgan fingerprint density at radius 2 is 1.84 bits per heavy atom. The van der Waals surface area contributed by atoms with Crippen LogP contribution in [0.2, 0.25) is 5.02 Å². The summed E-state index contributed by atoms with van der Waals surface area (Å²) in [6, 6.07) is 10.7. The van der Waals surface area contributed by atoms with Crippen molar-refractivity contribution in [2.75, 3.05) is 19.9 Å². The number of nitrogens with zero attached hydrogens (tertiary/aromatic N) is 1. The molecule has 2 aliphatic rings. The first-order chi connectivity index (χ1) is 12.1. The normalized spacial score (nSPS) is 16.9. The third-order valence-corrected chi connectivity index (χ3v) is 5.10. The average molecular weight is 360 g/mol. The standard InChI is InChI=1S/C19H18ClNO4/c20-16-9-14(10-17-18(16)25-11-24-17)19(23)21-7-5-13(6-8-21)12-1-3-15(22)4-2-12/h1-4,9-10,13,22H,5-8,11H2. The summed E-state index contributed by atoms with van der Waals surface area (Å²) >= 11 is 6.18. The molecule has 5 nitrogen and oxygen atoms in total. The Kier molecular flexibility index (Phi) is 4.17. The van der Waals surface area contributed by atoms with Crippen LogP contribution in [0.15, 0.2) is 36.4 Å². The van der Waals surface area contributed by atoms with Gasteiger partial charge in [0.15, 0.2) is 11.5 Å². The minimum Gasteiger partial charge on any atom is -0.508 e. The lowest BCUT2D eigenvalue weighted by Gasteiger charge is -2.32. The summed E-state index contributed by atoms with van der Waals surface area (Å²) in [5.74, 6) is 1.67. The van der Waals surface area contributed by atoms with Gasteiger partial charge < -0.3 is 19.5 Å². The number of carbonyl (C=O) groups excluding carboxylic acids is 1. The third-order valence-electron chi connectivity index (χ3n) is 4.82. The molecule has 0 bridgehead atoms. The van der Waals surface area contributed by atoms with Crippen LogP contribution >= 0.6 is 11.6 Å². The van der Waals surface area contributed by atoms with Gasteiger partial charge in [0.1, 0.15) is 5.75 Å². The Balaban J connectivity index is 1.45. The Labute approximate surface area is 150 Å². The van der Waals surface area contributed by atoms with Crippen LogP contribution in [0.25, 0.3) is 0 Å². The summed E-state index contributed by atoms with van der Waals surface area (Å²) in [4.78, 5) is 14.6. The summed E-state index contributed by atoms with van der Waals surface area (Å²) in [5.41, 5.74) is 1.73. The number of phenols is 1. The molecule has 0 aliphatic carbocycles. The maximum Gasteiger partial charge on any atom is 0.254 e. The van der Waals surface area contributed by atoms with Gasteiger partial charge in [0, 0.05) is 18.7 Å². The number of phenolic OH excluding ortho intramolecular Hbond substituents is 1. The molecule has 25 heavy (non-hydrogen) atoms. The third kappa shape index (κ3) is 3.12. The maximum atomic E-state index is 12.8. The molecular formula is C19H18ClNO4. The number of fused-ring (bicyclic) bond motifs is 1. The number of rotatable bonds is 2. The Morgan fingerprint density at radius 3 is 2.56 bits per heavy atom. The van der Waals surface area contributed by atoms with Crippen molar-refractivity contribution in [2.24, 2.45) is 0 Å². The van der Waals surface area contributed by atoms with Crippen molar-refractivity contribution in [3.63, 3.8) is 0 Å². The van der Waals surface area contributed by atoms with Crippen LogP contribution in [0, 0.1) is 0 Å². The molecule has 4 rings (SSSR count). The number of hydrogen-bond donors (Lipinski definition) is 1. The van der Waals surface area contributed by atoms with Gasteiger partial charge in [-0.25, -0.2) is 0 Å². The molecule has 0 spiro atoms. The van der Waals surface area contributed by atoms with E-state index in [1.807, 2.05) is 17.0 Å². The number of hydrogen-bond acceptors (Lipinski definition) is 4. The molecule has 1 N–H and O–H groups in total. The van der Waals surface area contributed by atoms with Crippen molar-refractivity contribution in [1.29, 1.82) is 0 Å². The molecule has 0 unspecified atom stereocenters. The SMILES string of the molecule is O=C(c1cc(Cl)c2c(c1)OCO2)N1CCC(c2ccc(O)cc2)CC1. The number of piperidine rings is 1. The van der Waals surface area contributed by atoms with Crippen LogP contribution in [0.5, 0.6) is 17.2 Å². The molecule has 1 fully saturated rings. The van der Waals surface area contributed by atoms with Gasteiger partial charge in [0.25, 0.3) is 5.91 Å². The predicted molar refractivity (Wildman–Crippen MR) is 93.6 cm³/mol. The highest BCUT2D eigenvalue weighted by Crippen LogP contribution is 2.40. The lowest BCUT2D eigenvalue weighted by atomic mass is 9.89. The Hall–Kier alpha value is -2.40. The smallest absolute Gasteiger partial charge is 0.254 e. The van der Waals surface area contributed by atoms with Gasteiger partial charge in [0.2, 0.25) is 6.79 Å². The zero-order valence-corrected chi connectivity index (χ0v) is 14.3. The molecule has 0 saturated carbocycles. The van der Waals surface area contributed by atoms with E-state index >= 15 is 0 Å². The number of ether oxygens (including phenoxy) is 2. The van der Waals surface area contributed by atoms with E-state index in [4.69, 9.17) is 21.1 Å². The summed E-state index contributed by atoms with van der Waals surface area (Å²) < 4.78 is 10.6. The van der Waals surface area contributed by atoms with E-state index in [-0.39, 0.29) is 18.4 Å². The van der Waals surface area contributed by atoms with Crippen molar-refractivity contribution in [3.8, 4) is 17.2 Å². The van der Waals surface area contributed by atoms with Crippen LogP contribution < -0.4 is 9.47 Å². The van der Waals surface area contributed by atoms with E-state index in [0.717, 1.165) is 12.8 Å². The van der Waals surface area contributed by atoms with Gasteiger partial charge in [-0.15, -0.1) is 0 Å². The quantitative estimate of drug-likeness (QED) is 0.886. The van der Waals surface area contributed by atoms with Crippen molar-refractivity contribution >= 4 is 17.5 Å². The minimum atomic E-state index is -0.0376. The fraction of sp³-hybridized carbons (Fsp3) is 0.316. The summed E-state index contributed by atoms with van der Waals surface area (Å²) in [5, 5.41) is 9.80. The highest BCUT2D eigenvalue weighted by molar-refractivity contribution is 6.32. The second-order valence-electron chi connectivity index (χ2n) is 6.35. The molecule has 0 radical (unpaired) electrons. The van der Waals surface area contributed by atoms with E-state index in [2.05, 4.69) is 0 Å². The monoisotopic (exact) mass is 359 g/mol. The number of amides is 1. The number of likely N-dealkylation sites (tertiary alicyclic amines) is 1. The maximum absolute atomic E-state index is 12.8. The van der Waals surface area contributed by atoms with Gasteiger partial charge in [-0.05, 0) is 48.6 Å². The van der Waals surface area contributed by atoms with Gasteiger partial charge >= 0.3 is 0 Å². The van der Waals surface area contributed by atoms with Crippen LogP contribution in [0.4, 0.5) is 0 Å². The average Bonchev–Trinajstić information content (AvgIpc) is 3.11. The second-order valence-corrected chi connectivity index (χ2v) is 6.76. The van der Waals surface area contributed by atoms with E-state index in [0.29, 0.717) is 41.1 Å². The fourth-order valence-electron chi connectivity index (χ4n) is 3.44. The molecule has 2 heterocycles. The first-order valence-electron chi connectivity index (χ1n) is 8.29.